The maximum atomic E-state index is 10.7. The zero-order valence-electron chi connectivity index (χ0n) is 10.7. The highest BCUT2D eigenvalue weighted by Crippen LogP contribution is 2.20. The molecule has 0 amide bonds. The average Bonchev–Trinajstić information content (AvgIpc) is 2.81. The van der Waals surface area contributed by atoms with E-state index < -0.39 is 5.97 Å². The molecule has 0 aliphatic carbocycles. The van der Waals surface area contributed by atoms with Crippen LogP contribution in [0.5, 0.6) is 0 Å². The molecule has 0 aliphatic rings. The molecule has 0 aliphatic heterocycles. The summed E-state index contributed by atoms with van der Waals surface area (Å²) in [6, 6.07) is 3.20. The van der Waals surface area contributed by atoms with Crippen LogP contribution in [0.15, 0.2) is 16.5 Å². The Labute approximate surface area is 102 Å². The topological polar surface area (TPSA) is 62.5 Å². The molecule has 4 nitrogen and oxygen atoms in total. The Bertz CT molecular complexity index is 358. The first-order valence-corrected chi connectivity index (χ1v) is 6.14. The summed E-state index contributed by atoms with van der Waals surface area (Å²) in [5, 5.41) is 12.2. The van der Waals surface area contributed by atoms with E-state index in [1.165, 1.54) is 6.07 Å². The number of carboxylic acids is 1. The first kappa shape index (κ1) is 13.8. The van der Waals surface area contributed by atoms with Crippen LogP contribution >= 0.6 is 0 Å². The van der Waals surface area contributed by atoms with Crippen LogP contribution in [0.1, 0.15) is 56.3 Å². The molecule has 1 aromatic heterocycles. The summed E-state index contributed by atoms with van der Waals surface area (Å²) in [7, 11) is 0. The van der Waals surface area contributed by atoms with Crippen molar-refractivity contribution in [1.82, 2.24) is 5.32 Å². The standard InChI is InChI=1S/C13H21NO3/c1-4-13(5-2,6-3)14-9-10-7-8-11(17-10)12(15)16/h7-8,14H,4-6,9H2,1-3H3,(H,15,16). The van der Waals surface area contributed by atoms with Gasteiger partial charge in [0, 0.05) is 5.54 Å². The lowest BCUT2D eigenvalue weighted by Gasteiger charge is -2.31. The highest BCUT2D eigenvalue weighted by atomic mass is 16.4. The predicted molar refractivity (Wildman–Crippen MR) is 66.1 cm³/mol. The molecule has 0 atom stereocenters. The Hall–Kier alpha value is -1.29. The molecule has 0 spiro atoms. The molecule has 4 heteroatoms. The maximum Gasteiger partial charge on any atom is 0.371 e. The number of nitrogens with one attached hydrogen (secondary N) is 1. The summed E-state index contributed by atoms with van der Waals surface area (Å²) in [4.78, 5) is 10.7. The second kappa shape index (κ2) is 5.87. The normalized spacial score (nSPS) is 11.7. The molecular weight excluding hydrogens is 218 g/mol. The Morgan fingerprint density at radius 2 is 1.88 bits per heavy atom. The minimum Gasteiger partial charge on any atom is -0.475 e. The van der Waals surface area contributed by atoms with Gasteiger partial charge in [0.05, 0.1) is 6.54 Å². The molecule has 2 N–H and O–H groups in total. The van der Waals surface area contributed by atoms with Gasteiger partial charge in [-0.2, -0.15) is 0 Å². The van der Waals surface area contributed by atoms with Crippen LogP contribution in [0.25, 0.3) is 0 Å². The smallest absolute Gasteiger partial charge is 0.371 e. The molecule has 1 aromatic rings. The average molecular weight is 239 g/mol. The predicted octanol–water partition coefficient (Wildman–Crippen LogP) is 3.04. The summed E-state index contributed by atoms with van der Waals surface area (Å²) in [6.07, 6.45) is 3.14. The van der Waals surface area contributed by atoms with Crippen molar-refractivity contribution in [2.45, 2.75) is 52.1 Å². The highest BCUT2D eigenvalue weighted by molar-refractivity contribution is 5.84. The van der Waals surface area contributed by atoms with Crippen molar-refractivity contribution >= 4 is 5.97 Å². The number of carboxylic acid groups (broad SMARTS) is 1. The van der Waals surface area contributed by atoms with Gasteiger partial charge in [-0.1, -0.05) is 20.8 Å². The number of furan rings is 1. The lowest BCUT2D eigenvalue weighted by molar-refractivity contribution is 0.0660. The van der Waals surface area contributed by atoms with Gasteiger partial charge in [-0.15, -0.1) is 0 Å². The maximum absolute atomic E-state index is 10.7. The first-order chi connectivity index (χ1) is 8.06. The van der Waals surface area contributed by atoms with Crippen molar-refractivity contribution in [2.24, 2.45) is 0 Å². The second-order valence-corrected chi connectivity index (χ2v) is 4.27. The minimum atomic E-state index is -1.02. The molecule has 1 rings (SSSR count). The molecule has 0 saturated heterocycles. The van der Waals surface area contributed by atoms with E-state index in [4.69, 9.17) is 9.52 Å². The van der Waals surface area contributed by atoms with Crippen molar-refractivity contribution in [3.05, 3.63) is 23.7 Å². The Morgan fingerprint density at radius 1 is 1.29 bits per heavy atom. The van der Waals surface area contributed by atoms with E-state index in [-0.39, 0.29) is 11.3 Å². The molecule has 0 aromatic carbocycles. The van der Waals surface area contributed by atoms with Crippen LogP contribution in [0.4, 0.5) is 0 Å². The van der Waals surface area contributed by atoms with Crippen LogP contribution in [0, 0.1) is 0 Å². The zero-order chi connectivity index (χ0) is 12.9. The van der Waals surface area contributed by atoms with Gasteiger partial charge in [-0.25, -0.2) is 4.79 Å². The molecule has 17 heavy (non-hydrogen) atoms. The van der Waals surface area contributed by atoms with E-state index in [1.54, 1.807) is 6.07 Å². The quantitative estimate of drug-likeness (QED) is 0.767. The summed E-state index contributed by atoms with van der Waals surface area (Å²) in [5.41, 5.74) is 0.121. The highest BCUT2D eigenvalue weighted by Gasteiger charge is 2.23. The van der Waals surface area contributed by atoms with E-state index in [1.807, 2.05) is 0 Å². The monoisotopic (exact) mass is 239 g/mol. The van der Waals surface area contributed by atoms with E-state index in [0.717, 1.165) is 19.3 Å². The number of hydrogen-bond acceptors (Lipinski definition) is 3. The van der Waals surface area contributed by atoms with Gasteiger partial charge in [0.2, 0.25) is 5.76 Å². The van der Waals surface area contributed by atoms with Crippen LogP contribution in [0.2, 0.25) is 0 Å². The Kier molecular flexibility index (Phi) is 4.75. The molecule has 0 radical (unpaired) electrons. The first-order valence-electron chi connectivity index (χ1n) is 6.14. The van der Waals surface area contributed by atoms with Crippen molar-refractivity contribution in [2.75, 3.05) is 0 Å². The summed E-state index contributed by atoms with van der Waals surface area (Å²) < 4.78 is 5.21. The van der Waals surface area contributed by atoms with E-state index >= 15 is 0 Å². The summed E-state index contributed by atoms with van der Waals surface area (Å²) >= 11 is 0. The Balaban J connectivity index is 2.62. The summed E-state index contributed by atoms with van der Waals surface area (Å²) in [6.45, 7) is 7.04. The van der Waals surface area contributed by atoms with E-state index in [0.29, 0.717) is 12.3 Å². The van der Waals surface area contributed by atoms with Gasteiger partial charge in [0.15, 0.2) is 0 Å². The van der Waals surface area contributed by atoms with Crippen LogP contribution in [0.3, 0.4) is 0 Å². The van der Waals surface area contributed by atoms with Gasteiger partial charge in [-0.3, -0.25) is 0 Å². The molecule has 1 heterocycles. The zero-order valence-corrected chi connectivity index (χ0v) is 10.7. The summed E-state index contributed by atoms with van der Waals surface area (Å²) in [5.74, 6) is -0.358. The largest absolute Gasteiger partial charge is 0.475 e. The van der Waals surface area contributed by atoms with Crippen LogP contribution in [-0.4, -0.2) is 16.6 Å². The number of hydrogen-bond donors (Lipinski definition) is 2. The third-order valence-corrected chi connectivity index (χ3v) is 3.54. The van der Waals surface area contributed by atoms with Gasteiger partial charge in [0.25, 0.3) is 0 Å². The van der Waals surface area contributed by atoms with Crippen LogP contribution < -0.4 is 5.32 Å². The molecule has 0 fully saturated rings. The van der Waals surface area contributed by atoms with Crippen molar-refractivity contribution < 1.29 is 14.3 Å². The number of aromatic carboxylic acids is 1. The molecule has 96 valence electrons. The minimum absolute atomic E-state index is 0.00287. The van der Waals surface area contributed by atoms with Gasteiger partial charge in [-0.05, 0) is 31.4 Å². The lowest BCUT2D eigenvalue weighted by atomic mass is 9.90. The fourth-order valence-corrected chi connectivity index (χ4v) is 1.99. The van der Waals surface area contributed by atoms with Crippen LogP contribution in [-0.2, 0) is 6.54 Å². The van der Waals surface area contributed by atoms with Gasteiger partial charge >= 0.3 is 5.97 Å². The SMILES string of the molecule is CCC(CC)(CC)NCc1ccc(C(=O)O)o1. The second-order valence-electron chi connectivity index (χ2n) is 4.27. The van der Waals surface area contributed by atoms with E-state index in [9.17, 15) is 4.79 Å². The fraction of sp³-hybridized carbons (Fsp3) is 0.615. The van der Waals surface area contributed by atoms with Crippen molar-refractivity contribution in [3.8, 4) is 0 Å². The number of rotatable bonds is 7. The number of carbonyl (C=O) groups is 1. The lowest BCUT2D eigenvalue weighted by Crippen LogP contribution is -2.42. The molecule has 0 bridgehead atoms. The van der Waals surface area contributed by atoms with E-state index in [2.05, 4.69) is 26.1 Å². The third kappa shape index (κ3) is 3.33. The van der Waals surface area contributed by atoms with Gasteiger partial charge < -0.3 is 14.8 Å². The fourth-order valence-electron chi connectivity index (χ4n) is 1.99. The van der Waals surface area contributed by atoms with Crippen molar-refractivity contribution in [3.63, 3.8) is 0 Å². The Morgan fingerprint density at radius 3 is 2.29 bits per heavy atom. The third-order valence-electron chi connectivity index (χ3n) is 3.54. The molecule has 0 unspecified atom stereocenters. The molecule has 0 saturated carbocycles. The van der Waals surface area contributed by atoms with Crippen molar-refractivity contribution in [1.29, 1.82) is 0 Å². The van der Waals surface area contributed by atoms with Gasteiger partial charge in [0.1, 0.15) is 5.76 Å². The molecular formula is C13H21NO3.